The highest BCUT2D eigenvalue weighted by Crippen LogP contribution is 2.15. The molecule has 4 heteroatoms. The smallest absolute Gasteiger partial charge is 0.252 e. The Labute approximate surface area is 136 Å². The minimum absolute atomic E-state index is 0.150. The third-order valence-corrected chi connectivity index (χ3v) is 3.74. The second-order valence-corrected chi connectivity index (χ2v) is 5.79. The molecular weight excluding hydrogens is 288 g/mol. The van der Waals surface area contributed by atoms with Gasteiger partial charge in [0.05, 0.1) is 5.56 Å². The molecule has 120 valence electrons. The summed E-state index contributed by atoms with van der Waals surface area (Å²) in [7, 11) is 0. The van der Waals surface area contributed by atoms with E-state index in [1.165, 1.54) is 0 Å². The van der Waals surface area contributed by atoms with E-state index in [1.54, 1.807) is 36.4 Å². The van der Waals surface area contributed by atoms with E-state index in [9.17, 15) is 9.59 Å². The third kappa shape index (κ3) is 4.27. The quantitative estimate of drug-likeness (QED) is 0.805. The lowest BCUT2D eigenvalue weighted by molar-refractivity contribution is 0.0937. The van der Waals surface area contributed by atoms with E-state index in [1.807, 2.05) is 26.0 Å². The van der Waals surface area contributed by atoms with E-state index in [4.69, 9.17) is 5.73 Å². The van der Waals surface area contributed by atoms with Crippen molar-refractivity contribution in [1.82, 2.24) is 5.32 Å². The Morgan fingerprint density at radius 2 is 1.65 bits per heavy atom. The zero-order valence-corrected chi connectivity index (χ0v) is 13.5. The minimum atomic E-state index is -0.249. The molecule has 4 nitrogen and oxygen atoms in total. The molecule has 1 atom stereocenters. The van der Waals surface area contributed by atoms with E-state index in [0.29, 0.717) is 29.8 Å². The summed E-state index contributed by atoms with van der Waals surface area (Å²) >= 11 is 0. The van der Waals surface area contributed by atoms with Gasteiger partial charge in [0.1, 0.15) is 0 Å². The van der Waals surface area contributed by atoms with Crippen LogP contribution in [0, 0.1) is 12.8 Å². The molecule has 0 saturated heterocycles. The largest absolute Gasteiger partial charge is 0.352 e. The van der Waals surface area contributed by atoms with Gasteiger partial charge in [0, 0.05) is 17.7 Å². The van der Waals surface area contributed by atoms with E-state index in [-0.39, 0.29) is 17.6 Å². The van der Waals surface area contributed by atoms with Crippen LogP contribution < -0.4 is 11.1 Å². The van der Waals surface area contributed by atoms with Crippen molar-refractivity contribution < 1.29 is 9.59 Å². The molecule has 0 aliphatic heterocycles. The van der Waals surface area contributed by atoms with Gasteiger partial charge in [0.25, 0.3) is 5.91 Å². The maximum Gasteiger partial charge on any atom is 0.252 e. The average molecular weight is 310 g/mol. The molecule has 0 saturated carbocycles. The van der Waals surface area contributed by atoms with Crippen molar-refractivity contribution in [2.45, 2.75) is 13.8 Å². The summed E-state index contributed by atoms with van der Waals surface area (Å²) in [6.07, 6.45) is 0. The molecule has 23 heavy (non-hydrogen) atoms. The fraction of sp³-hybridized carbons (Fsp3) is 0.263. The molecule has 0 heterocycles. The Morgan fingerprint density at radius 3 is 2.26 bits per heavy atom. The summed E-state index contributed by atoms with van der Waals surface area (Å²) in [5.74, 6) is -0.206. The number of benzene rings is 2. The molecule has 2 aromatic rings. The maximum atomic E-state index is 12.7. The number of hydrogen-bond acceptors (Lipinski definition) is 3. The van der Waals surface area contributed by atoms with Crippen molar-refractivity contribution in [2.24, 2.45) is 11.7 Å². The normalized spacial score (nSPS) is 11.8. The predicted octanol–water partition coefficient (Wildman–Crippen LogP) is 2.55. The first-order valence-corrected chi connectivity index (χ1v) is 7.71. The standard InChI is InChI=1S/C19H22N2O2/c1-13-7-9-15(10-8-13)18(22)16-5-3-4-6-17(16)19(23)21-12-14(2)11-20/h3-10,14H,11-12,20H2,1-2H3,(H,21,23). The van der Waals surface area contributed by atoms with Crippen LogP contribution in [0.3, 0.4) is 0 Å². The van der Waals surface area contributed by atoms with Gasteiger partial charge in [0.15, 0.2) is 5.78 Å². The second-order valence-electron chi connectivity index (χ2n) is 5.79. The Balaban J connectivity index is 2.24. The number of ketones is 1. The molecule has 3 N–H and O–H groups in total. The van der Waals surface area contributed by atoms with Gasteiger partial charge in [-0.1, -0.05) is 55.0 Å². The lowest BCUT2D eigenvalue weighted by Crippen LogP contribution is -2.32. The molecular formula is C19H22N2O2. The van der Waals surface area contributed by atoms with Crippen LogP contribution in [0.2, 0.25) is 0 Å². The molecule has 0 aliphatic rings. The molecule has 0 aromatic heterocycles. The van der Waals surface area contributed by atoms with Gasteiger partial charge >= 0.3 is 0 Å². The number of aryl methyl sites for hydroxylation is 1. The molecule has 0 aliphatic carbocycles. The molecule has 2 rings (SSSR count). The molecule has 0 bridgehead atoms. The number of hydrogen-bond donors (Lipinski definition) is 2. The van der Waals surface area contributed by atoms with Crippen LogP contribution in [0.25, 0.3) is 0 Å². The third-order valence-electron chi connectivity index (χ3n) is 3.74. The molecule has 0 spiro atoms. The number of nitrogens with one attached hydrogen (secondary N) is 1. The first-order valence-electron chi connectivity index (χ1n) is 7.71. The minimum Gasteiger partial charge on any atom is -0.352 e. The molecule has 0 fully saturated rings. The van der Waals surface area contributed by atoms with Crippen molar-refractivity contribution in [3.8, 4) is 0 Å². The molecule has 1 amide bonds. The van der Waals surface area contributed by atoms with Crippen LogP contribution in [-0.4, -0.2) is 24.8 Å². The lowest BCUT2D eigenvalue weighted by Gasteiger charge is -2.12. The van der Waals surface area contributed by atoms with Crippen molar-refractivity contribution in [3.63, 3.8) is 0 Å². The molecule has 1 unspecified atom stereocenters. The Bertz CT molecular complexity index is 693. The van der Waals surface area contributed by atoms with Gasteiger partial charge in [-0.3, -0.25) is 9.59 Å². The highest BCUT2D eigenvalue weighted by molar-refractivity contribution is 6.15. The summed E-state index contributed by atoms with van der Waals surface area (Å²) in [6.45, 7) is 4.92. The number of carbonyl (C=O) groups is 2. The van der Waals surface area contributed by atoms with E-state index >= 15 is 0 Å². The van der Waals surface area contributed by atoms with Crippen molar-refractivity contribution >= 4 is 11.7 Å². The lowest BCUT2D eigenvalue weighted by atomic mass is 9.97. The van der Waals surface area contributed by atoms with E-state index < -0.39 is 0 Å². The van der Waals surface area contributed by atoms with Crippen LogP contribution in [0.1, 0.15) is 38.8 Å². The van der Waals surface area contributed by atoms with Gasteiger partial charge in [-0.05, 0) is 25.5 Å². The summed E-state index contributed by atoms with van der Waals surface area (Å²) in [5.41, 5.74) is 8.02. The summed E-state index contributed by atoms with van der Waals surface area (Å²) in [6, 6.07) is 14.2. The van der Waals surface area contributed by atoms with Crippen LogP contribution in [0.5, 0.6) is 0 Å². The number of amides is 1. The average Bonchev–Trinajstić information content (AvgIpc) is 2.59. The molecule has 2 aromatic carbocycles. The Hall–Kier alpha value is -2.46. The summed E-state index contributed by atoms with van der Waals surface area (Å²) in [5, 5.41) is 2.83. The fourth-order valence-corrected chi connectivity index (χ4v) is 2.19. The van der Waals surface area contributed by atoms with E-state index in [2.05, 4.69) is 5.32 Å². The topological polar surface area (TPSA) is 72.2 Å². The zero-order chi connectivity index (χ0) is 16.8. The van der Waals surface area contributed by atoms with Crippen LogP contribution in [0.4, 0.5) is 0 Å². The van der Waals surface area contributed by atoms with Crippen molar-refractivity contribution in [2.75, 3.05) is 13.1 Å². The summed E-state index contributed by atoms with van der Waals surface area (Å²) in [4.78, 5) is 25.0. The van der Waals surface area contributed by atoms with Crippen LogP contribution >= 0.6 is 0 Å². The number of nitrogens with two attached hydrogens (primary N) is 1. The highest BCUT2D eigenvalue weighted by Gasteiger charge is 2.18. The monoisotopic (exact) mass is 310 g/mol. The first-order chi connectivity index (χ1) is 11.0. The van der Waals surface area contributed by atoms with Gasteiger partial charge in [-0.25, -0.2) is 0 Å². The van der Waals surface area contributed by atoms with Crippen molar-refractivity contribution in [3.05, 3.63) is 70.8 Å². The van der Waals surface area contributed by atoms with Crippen LogP contribution in [0.15, 0.2) is 48.5 Å². The first kappa shape index (κ1) is 16.9. The SMILES string of the molecule is Cc1ccc(C(=O)c2ccccc2C(=O)NCC(C)CN)cc1. The number of rotatable bonds is 6. The predicted molar refractivity (Wildman–Crippen MR) is 91.6 cm³/mol. The second kappa shape index (κ2) is 7.70. The number of carbonyl (C=O) groups excluding carboxylic acids is 2. The van der Waals surface area contributed by atoms with Gasteiger partial charge in [-0.2, -0.15) is 0 Å². The summed E-state index contributed by atoms with van der Waals surface area (Å²) < 4.78 is 0. The van der Waals surface area contributed by atoms with Gasteiger partial charge in [0.2, 0.25) is 0 Å². The van der Waals surface area contributed by atoms with Crippen LogP contribution in [-0.2, 0) is 0 Å². The Kier molecular flexibility index (Phi) is 5.66. The van der Waals surface area contributed by atoms with Crippen molar-refractivity contribution in [1.29, 1.82) is 0 Å². The maximum absolute atomic E-state index is 12.7. The highest BCUT2D eigenvalue weighted by atomic mass is 16.2. The molecule has 0 radical (unpaired) electrons. The van der Waals surface area contributed by atoms with E-state index in [0.717, 1.165) is 5.56 Å². The fourth-order valence-electron chi connectivity index (χ4n) is 2.19. The Morgan fingerprint density at radius 1 is 1.04 bits per heavy atom. The van der Waals surface area contributed by atoms with Gasteiger partial charge in [-0.15, -0.1) is 0 Å². The van der Waals surface area contributed by atoms with Gasteiger partial charge < -0.3 is 11.1 Å². The zero-order valence-electron chi connectivity index (χ0n) is 13.5.